The van der Waals surface area contributed by atoms with E-state index in [1.165, 1.54) is 5.56 Å². The first-order chi connectivity index (χ1) is 16.4. The van der Waals surface area contributed by atoms with Crippen molar-refractivity contribution < 1.29 is 14.6 Å². The monoisotopic (exact) mass is 463 g/mol. The van der Waals surface area contributed by atoms with Crippen LogP contribution in [0.5, 0.6) is 5.75 Å². The Balaban J connectivity index is 1.39. The molecule has 0 unspecified atom stereocenters. The molecule has 0 bridgehead atoms. The van der Waals surface area contributed by atoms with Crippen LogP contribution in [-0.4, -0.2) is 59.3 Å². The van der Waals surface area contributed by atoms with Crippen molar-refractivity contribution >= 4 is 6.03 Å². The molecule has 2 N–H and O–H groups in total. The molecule has 2 amide bonds. The largest absolute Gasteiger partial charge is 0.497 e. The molecular weight excluding hydrogens is 426 g/mol. The second kappa shape index (κ2) is 8.90. The summed E-state index contributed by atoms with van der Waals surface area (Å²) in [6, 6.07) is 18.7. The first-order valence-corrected chi connectivity index (χ1v) is 12.6. The molecule has 0 atom stereocenters. The molecular formula is C28H37N3O3. The lowest BCUT2D eigenvalue weighted by Gasteiger charge is -2.50. The van der Waals surface area contributed by atoms with E-state index in [0.29, 0.717) is 19.6 Å². The number of rotatable bonds is 7. The van der Waals surface area contributed by atoms with Crippen LogP contribution in [0.25, 0.3) is 0 Å². The van der Waals surface area contributed by atoms with Crippen LogP contribution in [-0.2, 0) is 12.1 Å². The number of nitrogens with one attached hydrogen (secondary N) is 1. The van der Waals surface area contributed by atoms with Gasteiger partial charge in [0, 0.05) is 18.6 Å². The molecule has 2 aromatic rings. The number of aliphatic hydroxyl groups is 1. The van der Waals surface area contributed by atoms with Crippen LogP contribution >= 0.6 is 0 Å². The van der Waals surface area contributed by atoms with Crippen molar-refractivity contribution in [2.24, 2.45) is 0 Å². The van der Waals surface area contributed by atoms with Crippen molar-refractivity contribution in [1.82, 2.24) is 15.1 Å². The third-order valence-corrected chi connectivity index (χ3v) is 8.67. The zero-order chi connectivity index (χ0) is 23.8. The molecule has 1 spiro atoms. The van der Waals surface area contributed by atoms with E-state index in [9.17, 15) is 9.90 Å². The van der Waals surface area contributed by atoms with Gasteiger partial charge in [-0.15, -0.1) is 0 Å². The van der Waals surface area contributed by atoms with E-state index in [4.69, 9.17) is 4.74 Å². The van der Waals surface area contributed by atoms with Gasteiger partial charge in [0.2, 0.25) is 0 Å². The minimum absolute atomic E-state index is 0.0628. The van der Waals surface area contributed by atoms with Gasteiger partial charge in [-0.1, -0.05) is 42.5 Å². The number of ether oxygens (including phenoxy) is 1. The van der Waals surface area contributed by atoms with Crippen molar-refractivity contribution in [2.75, 3.05) is 27.2 Å². The highest BCUT2D eigenvalue weighted by Crippen LogP contribution is 2.48. The van der Waals surface area contributed by atoms with Gasteiger partial charge in [-0.25, -0.2) is 4.79 Å². The number of methoxy groups -OCH3 is 1. The van der Waals surface area contributed by atoms with Crippen molar-refractivity contribution in [2.45, 2.75) is 68.2 Å². The molecule has 6 nitrogen and oxygen atoms in total. The molecule has 1 heterocycles. The quantitative estimate of drug-likeness (QED) is 0.644. The summed E-state index contributed by atoms with van der Waals surface area (Å²) < 4.78 is 5.29. The molecule has 3 aliphatic rings. The Morgan fingerprint density at radius 3 is 2.21 bits per heavy atom. The van der Waals surface area contributed by atoms with Crippen LogP contribution in [0.4, 0.5) is 4.79 Å². The minimum atomic E-state index is -0.726. The van der Waals surface area contributed by atoms with Crippen LogP contribution in [0.1, 0.15) is 56.1 Å². The Hall–Kier alpha value is -2.57. The van der Waals surface area contributed by atoms with Gasteiger partial charge in [-0.05, 0) is 75.3 Å². The molecule has 3 fully saturated rings. The molecule has 2 saturated carbocycles. The summed E-state index contributed by atoms with van der Waals surface area (Å²) in [7, 11) is 3.71. The first-order valence-electron chi connectivity index (χ1n) is 12.6. The number of hydrogen-bond acceptors (Lipinski definition) is 4. The third kappa shape index (κ3) is 4.07. The highest BCUT2D eigenvalue weighted by molar-refractivity contribution is 5.78. The Morgan fingerprint density at radius 1 is 0.971 bits per heavy atom. The summed E-state index contributed by atoms with van der Waals surface area (Å²) in [5.41, 5.74) is 1.38. The predicted octanol–water partition coefficient (Wildman–Crippen LogP) is 4.28. The summed E-state index contributed by atoms with van der Waals surface area (Å²) in [6.45, 7) is 1.74. The summed E-state index contributed by atoms with van der Waals surface area (Å²) in [4.78, 5) is 17.8. The van der Waals surface area contributed by atoms with Gasteiger partial charge in [0.1, 0.15) is 5.75 Å². The summed E-state index contributed by atoms with van der Waals surface area (Å²) in [5.74, 6) is 0.818. The number of carbonyl (C=O) groups excluding carboxylic acids is 1. The zero-order valence-corrected chi connectivity index (χ0v) is 20.4. The summed E-state index contributed by atoms with van der Waals surface area (Å²) in [5, 5.41) is 14.6. The fourth-order valence-electron chi connectivity index (χ4n) is 6.24. The maximum Gasteiger partial charge on any atom is 0.321 e. The predicted molar refractivity (Wildman–Crippen MR) is 133 cm³/mol. The lowest BCUT2D eigenvalue weighted by atomic mass is 9.68. The number of urea groups is 1. The molecule has 1 saturated heterocycles. The molecule has 6 heteroatoms. The SMILES string of the molecule is CNC1(c2ccccc2)CCC2(CC1)CN(Cc1ccc(OC)cc1)C(=O)N2CC1(O)CCC1. The van der Waals surface area contributed by atoms with Crippen molar-refractivity contribution in [3.8, 4) is 5.75 Å². The van der Waals surface area contributed by atoms with Gasteiger partial charge in [0.05, 0.1) is 24.8 Å². The van der Waals surface area contributed by atoms with Crippen LogP contribution in [0.2, 0.25) is 0 Å². The molecule has 5 rings (SSSR count). The average molecular weight is 464 g/mol. The smallest absolute Gasteiger partial charge is 0.321 e. The van der Waals surface area contributed by atoms with Gasteiger partial charge in [-0.3, -0.25) is 0 Å². The van der Waals surface area contributed by atoms with Gasteiger partial charge in [0.15, 0.2) is 0 Å². The second-order valence-electron chi connectivity index (χ2n) is 10.6. The average Bonchev–Trinajstić information content (AvgIpc) is 3.10. The highest BCUT2D eigenvalue weighted by Gasteiger charge is 2.55. The van der Waals surface area contributed by atoms with Crippen molar-refractivity contribution in [3.05, 3.63) is 65.7 Å². The Labute approximate surface area is 202 Å². The van der Waals surface area contributed by atoms with E-state index in [1.54, 1.807) is 7.11 Å². The number of benzene rings is 2. The number of carbonyl (C=O) groups is 1. The minimum Gasteiger partial charge on any atom is -0.497 e. The second-order valence-corrected chi connectivity index (χ2v) is 10.6. The topological polar surface area (TPSA) is 65.0 Å². The maximum atomic E-state index is 13.7. The van der Waals surface area contributed by atoms with E-state index < -0.39 is 5.60 Å². The Kier molecular flexibility index (Phi) is 6.07. The first kappa shape index (κ1) is 23.2. The number of β-amino-alcohol motifs (C(OH)–C–C–N with tert-alkyl or cyclic N) is 1. The van der Waals surface area contributed by atoms with Gasteiger partial charge < -0.3 is 25.0 Å². The Bertz CT molecular complexity index is 995. The number of amides is 2. The molecule has 2 aromatic carbocycles. The summed E-state index contributed by atoms with van der Waals surface area (Å²) >= 11 is 0. The van der Waals surface area contributed by atoms with Crippen molar-refractivity contribution in [3.63, 3.8) is 0 Å². The van der Waals surface area contributed by atoms with Crippen LogP contribution in [0.3, 0.4) is 0 Å². The van der Waals surface area contributed by atoms with Gasteiger partial charge >= 0.3 is 6.03 Å². The molecule has 0 radical (unpaired) electrons. The lowest BCUT2D eigenvalue weighted by Crippen LogP contribution is -2.59. The lowest BCUT2D eigenvalue weighted by molar-refractivity contribution is -0.0690. The van der Waals surface area contributed by atoms with Crippen LogP contribution < -0.4 is 10.1 Å². The van der Waals surface area contributed by atoms with E-state index in [2.05, 4.69) is 42.7 Å². The fraction of sp³-hybridized carbons (Fsp3) is 0.536. The molecule has 2 aliphatic carbocycles. The van der Waals surface area contributed by atoms with Crippen molar-refractivity contribution in [1.29, 1.82) is 0 Å². The molecule has 1 aliphatic heterocycles. The van der Waals surface area contributed by atoms with Gasteiger partial charge in [0.25, 0.3) is 0 Å². The number of hydrogen-bond donors (Lipinski definition) is 2. The van der Waals surface area contributed by atoms with E-state index in [-0.39, 0.29) is 17.1 Å². The van der Waals surface area contributed by atoms with E-state index >= 15 is 0 Å². The summed E-state index contributed by atoms with van der Waals surface area (Å²) in [6.07, 6.45) is 6.38. The van der Waals surface area contributed by atoms with Gasteiger partial charge in [-0.2, -0.15) is 0 Å². The normalized spacial score (nSPS) is 28.3. The third-order valence-electron chi connectivity index (χ3n) is 8.67. The highest BCUT2D eigenvalue weighted by atomic mass is 16.5. The molecule has 34 heavy (non-hydrogen) atoms. The fourth-order valence-corrected chi connectivity index (χ4v) is 6.24. The number of nitrogens with zero attached hydrogens (tertiary/aromatic N) is 2. The Morgan fingerprint density at radius 2 is 1.65 bits per heavy atom. The standard InChI is InChI=1S/C28H37N3O3/c1-29-28(23-7-4-3-5-8-23)17-15-26(16-18-28)20-30(19-22-9-11-24(34-2)12-10-22)25(32)31(26)21-27(33)13-6-14-27/h3-5,7-12,29,33H,6,13-21H2,1-2H3. The zero-order valence-electron chi connectivity index (χ0n) is 20.4. The van der Waals surface area contributed by atoms with Crippen LogP contribution in [0.15, 0.2) is 54.6 Å². The molecule has 0 aromatic heterocycles. The molecule has 182 valence electrons. The van der Waals surface area contributed by atoms with E-state index in [1.807, 2.05) is 34.1 Å². The van der Waals surface area contributed by atoms with E-state index in [0.717, 1.165) is 56.3 Å². The van der Waals surface area contributed by atoms with Crippen LogP contribution in [0, 0.1) is 0 Å². The maximum absolute atomic E-state index is 13.7.